The van der Waals surface area contributed by atoms with Gasteiger partial charge in [-0.1, -0.05) is 33.2 Å². The van der Waals surface area contributed by atoms with Crippen molar-refractivity contribution in [1.82, 2.24) is 15.1 Å². The Hall–Kier alpha value is -2.21. The second-order valence-electron chi connectivity index (χ2n) is 4.25. The molecule has 0 atom stereocenters. The summed E-state index contributed by atoms with van der Waals surface area (Å²) in [5, 5.41) is 13.3. The monoisotopic (exact) mass is 331 g/mol. The average molecular weight is 332 g/mol. The number of aromatic nitrogens is 3. The van der Waals surface area contributed by atoms with Crippen LogP contribution in [0.1, 0.15) is 11.4 Å². The summed E-state index contributed by atoms with van der Waals surface area (Å²) in [5.74, 6) is 0.995. The summed E-state index contributed by atoms with van der Waals surface area (Å²) in [5.41, 5.74) is 1.68. The van der Waals surface area contributed by atoms with Crippen LogP contribution in [-0.2, 0) is 6.42 Å². The van der Waals surface area contributed by atoms with Crippen molar-refractivity contribution < 1.29 is 9.63 Å². The van der Waals surface area contributed by atoms with Crippen LogP contribution in [0.5, 0.6) is 5.75 Å². The molecule has 0 radical (unpaired) electrons. The molecule has 0 aliphatic heterocycles. The van der Waals surface area contributed by atoms with Gasteiger partial charge >= 0.3 is 0 Å². The van der Waals surface area contributed by atoms with Crippen LogP contribution in [0.25, 0.3) is 11.5 Å². The molecule has 3 rings (SSSR count). The first kappa shape index (κ1) is 12.8. The summed E-state index contributed by atoms with van der Waals surface area (Å²) in [7, 11) is 0. The van der Waals surface area contributed by atoms with E-state index in [1.807, 2.05) is 24.3 Å². The largest absolute Gasteiger partial charge is 0.506 e. The van der Waals surface area contributed by atoms with Gasteiger partial charge in [0, 0.05) is 17.1 Å². The zero-order valence-electron chi connectivity index (χ0n) is 10.3. The van der Waals surface area contributed by atoms with Crippen LogP contribution in [0, 0.1) is 0 Å². The zero-order chi connectivity index (χ0) is 13.9. The molecule has 0 spiro atoms. The predicted octanol–water partition coefficient (Wildman–Crippen LogP) is 3.19. The zero-order valence-corrected chi connectivity index (χ0v) is 11.9. The summed E-state index contributed by atoms with van der Waals surface area (Å²) < 4.78 is 6.19. The first-order valence-corrected chi connectivity index (χ1v) is 6.71. The van der Waals surface area contributed by atoms with Gasteiger partial charge in [-0.2, -0.15) is 4.98 Å². The molecule has 100 valence electrons. The van der Waals surface area contributed by atoms with Crippen molar-refractivity contribution in [3.8, 4) is 17.2 Å². The van der Waals surface area contributed by atoms with Gasteiger partial charge in [0.15, 0.2) is 5.82 Å². The highest BCUT2D eigenvalue weighted by Gasteiger charge is 2.10. The minimum absolute atomic E-state index is 0.0641. The molecule has 1 N–H and O–H groups in total. The number of rotatable bonds is 3. The van der Waals surface area contributed by atoms with Gasteiger partial charge in [-0.25, -0.2) is 0 Å². The lowest BCUT2D eigenvalue weighted by Crippen LogP contribution is -1.90. The second-order valence-corrected chi connectivity index (χ2v) is 5.17. The maximum Gasteiger partial charge on any atom is 0.259 e. The fourth-order valence-electron chi connectivity index (χ4n) is 1.82. The third kappa shape index (κ3) is 2.85. The SMILES string of the molecule is Oc1cncc(-c2nc(Cc3cccc(Br)c3)no2)c1. The Labute approximate surface area is 123 Å². The van der Waals surface area contributed by atoms with E-state index in [-0.39, 0.29) is 5.75 Å². The van der Waals surface area contributed by atoms with E-state index in [4.69, 9.17) is 4.52 Å². The lowest BCUT2D eigenvalue weighted by atomic mass is 10.1. The average Bonchev–Trinajstić information content (AvgIpc) is 2.87. The number of benzene rings is 1. The third-order valence-corrected chi connectivity index (χ3v) is 3.18. The molecular formula is C14H10BrN3O2. The summed E-state index contributed by atoms with van der Waals surface area (Å²) >= 11 is 3.43. The fourth-order valence-corrected chi connectivity index (χ4v) is 2.26. The Bertz CT molecular complexity index is 743. The molecular weight excluding hydrogens is 322 g/mol. The minimum atomic E-state index is 0.0641. The van der Waals surface area contributed by atoms with Gasteiger partial charge in [-0.15, -0.1) is 0 Å². The summed E-state index contributed by atoms with van der Waals surface area (Å²) in [6.07, 6.45) is 3.49. The molecule has 0 amide bonds. The summed E-state index contributed by atoms with van der Waals surface area (Å²) in [6, 6.07) is 9.45. The van der Waals surface area contributed by atoms with Crippen LogP contribution < -0.4 is 0 Å². The fraction of sp³-hybridized carbons (Fsp3) is 0.0714. The molecule has 0 fully saturated rings. The van der Waals surface area contributed by atoms with E-state index in [0.717, 1.165) is 10.0 Å². The Morgan fingerprint density at radius 2 is 2.10 bits per heavy atom. The number of nitrogens with zero attached hydrogens (tertiary/aromatic N) is 3. The van der Waals surface area contributed by atoms with E-state index in [2.05, 4.69) is 31.1 Å². The van der Waals surface area contributed by atoms with Crippen LogP contribution in [-0.4, -0.2) is 20.2 Å². The number of pyridine rings is 1. The maximum atomic E-state index is 9.39. The van der Waals surface area contributed by atoms with Crippen molar-refractivity contribution in [2.45, 2.75) is 6.42 Å². The van der Waals surface area contributed by atoms with Gasteiger partial charge in [0.2, 0.25) is 0 Å². The Balaban J connectivity index is 1.84. The highest BCUT2D eigenvalue weighted by atomic mass is 79.9. The van der Waals surface area contributed by atoms with Gasteiger partial charge < -0.3 is 9.63 Å². The Kier molecular flexibility index (Phi) is 3.47. The number of hydrogen-bond acceptors (Lipinski definition) is 5. The van der Waals surface area contributed by atoms with Crippen molar-refractivity contribution in [3.63, 3.8) is 0 Å². The number of hydrogen-bond donors (Lipinski definition) is 1. The van der Waals surface area contributed by atoms with Gasteiger partial charge in [0.05, 0.1) is 11.8 Å². The highest BCUT2D eigenvalue weighted by molar-refractivity contribution is 9.10. The van der Waals surface area contributed by atoms with Crippen molar-refractivity contribution in [2.24, 2.45) is 0 Å². The van der Waals surface area contributed by atoms with E-state index in [1.165, 1.54) is 12.3 Å². The quantitative estimate of drug-likeness (QED) is 0.797. The van der Waals surface area contributed by atoms with E-state index >= 15 is 0 Å². The van der Waals surface area contributed by atoms with E-state index in [9.17, 15) is 5.11 Å². The van der Waals surface area contributed by atoms with E-state index in [0.29, 0.717) is 23.7 Å². The molecule has 2 heterocycles. The van der Waals surface area contributed by atoms with Gasteiger partial charge in [0.25, 0.3) is 5.89 Å². The number of aromatic hydroxyl groups is 1. The molecule has 1 aromatic carbocycles. The number of halogens is 1. The van der Waals surface area contributed by atoms with Crippen LogP contribution >= 0.6 is 15.9 Å². The van der Waals surface area contributed by atoms with Crippen molar-refractivity contribution >= 4 is 15.9 Å². The van der Waals surface area contributed by atoms with Crippen molar-refractivity contribution in [2.75, 3.05) is 0 Å². The molecule has 0 unspecified atom stereocenters. The molecule has 6 heteroatoms. The molecule has 0 saturated carbocycles. The lowest BCUT2D eigenvalue weighted by molar-refractivity contribution is 0.423. The van der Waals surface area contributed by atoms with E-state index < -0.39 is 0 Å². The Morgan fingerprint density at radius 3 is 2.90 bits per heavy atom. The molecule has 3 aromatic rings. The van der Waals surface area contributed by atoms with Crippen molar-refractivity contribution in [1.29, 1.82) is 0 Å². The molecule has 0 aliphatic carbocycles. The van der Waals surface area contributed by atoms with Gasteiger partial charge in [0.1, 0.15) is 5.75 Å². The molecule has 0 bridgehead atoms. The first-order chi connectivity index (χ1) is 9.70. The minimum Gasteiger partial charge on any atom is -0.506 e. The van der Waals surface area contributed by atoms with Gasteiger partial charge in [-0.3, -0.25) is 4.98 Å². The molecule has 2 aromatic heterocycles. The van der Waals surface area contributed by atoms with Crippen LogP contribution in [0.4, 0.5) is 0 Å². The van der Waals surface area contributed by atoms with E-state index in [1.54, 1.807) is 6.20 Å². The smallest absolute Gasteiger partial charge is 0.259 e. The Morgan fingerprint density at radius 1 is 1.20 bits per heavy atom. The second kappa shape index (κ2) is 5.42. The third-order valence-electron chi connectivity index (χ3n) is 2.69. The molecule has 0 saturated heterocycles. The summed E-state index contributed by atoms with van der Waals surface area (Å²) in [4.78, 5) is 8.18. The van der Waals surface area contributed by atoms with Crippen molar-refractivity contribution in [3.05, 3.63) is 58.6 Å². The maximum absolute atomic E-state index is 9.39. The molecule has 5 nitrogen and oxygen atoms in total. The van der Waals surface area contributed by atoms with Crippen LogP contribution in [0.15, 0.2) is 51.7 Å². The lowest BCUT2D eigenvalue weighted by Gasteiger charge is -1.97. The summed E-state index contributed by atoms with van der Waals surface area (Å²) in [6.45, 7) is 0. The predicted molar refractivity (Wildman–Crippen MR) is 76.1 cm³/mol. The van der Waals surface area contributed by atoms with Crippen LogP contribution in [0.3, 0.4) is 0 Å². The molecule has 0 aliphatic rings. The molecule has 20 heavy (non-hydrogen) atoms. The first-order valence-electron chi connectivity index (χ1n) is 5.92. The standard InChI is InChI=1S/C14H10BrN3O2/c15-11-3-1-2-9(4-11)5-13-17-14(20-18-13)10-6-12(19)8-16-7-10/h1-4,6-8,19H,5H2. The van der Waals surface area contributed by atoms with Gasteiger partial charge in [-0.05, 0) is 23.8 Å². The normalized spacial score (nSPS) is 10.7. The topological polar surface area (TPSA) is 72.0 Å². The highest BCUT2D eigenvalue weighted by Crippen LogP contribution is 2.21. The van der Waals surface area contributed by atoms with Crippen LogP contribution in [0.2, 0.25) is 0 Å².